The van der Waals surface area contributed by atoms with E-state index in [1.54, 1.807) is 11.8 Å². The lowest BCUT2D eigenvalue weighted by Gasteiger charge is -2.21. The third kappa shape index (κ3) is 2.90. The lowest BCUT2D eigenvalue weighted by atomic mass is 10.1. The topological polar surface area (TPSA) is 39.3 Å². The summed E-state index contributed by atoms with van der Waals surface area (Å²) in [6.07, 6.45) is 2.68. The molecule has 0 radical (unpaired) electrons. The van der Waals surface area contributed by atoms with Crippen LogP contribution >= 0.6 is 23.4 Å². The first-order chi connectivity index (χ1) is 11.6. The number of aromatic amines is 1. The maximum absolute atomic E-state index is 9.90. The SMILES string of the molecule is CSc1ccc(N2CCC(O)C2)c(-c2cc3ccc(Cl)cc3[nH]2)c1. The molecule has 2 heterocycles. The Bertz CT molecular complexity index is 892. The highest BCUT2D eigenvalue weighted by Crippen LogP contribution is 2.37. The number of aliphatic hydroxyl groups excluding tert-OH is 1. The van der Waals surface area contributed by atoms with Gasteiger partial charge in [-0.3, -0.25) is 0 Å². The van der Waals surface area contributed by atoms with Gasteiger partial charge in [-0.15, -0.1) is 11.8 Å². The summed E-state index contributed by atoms with van der Waals surface area (Å²) in [4.78, 5) is 6.99. The molecule has 1 atom stereocenters. The molecule has 1 aliphatic rings. The van der Waals surface area contributed by atoms with Crippen molar-refractivity contribution in [1.29, 1.82) is 0 Å². The van der Waals surface area contributed by atoms with E-state index in [2.05, 4.69) is 40.4 Å². The van der Waals surface area contributed by atoms with Crippen molar-refractivity contribution >= 4 is 40.0 Å². The number of H-pyrrole nitrogens is 1. The van der Waals surface area contributed by atoms with Gasteiger partial charge in [0.25, 0.3) is 0 Å². The Hall–Kier alpha value is -1.62. The molecule has 24 heavy (non-hydrogen) atoms. The molecule has 0 spiro atoms. The van der Waals surface area contributed by atoms with Gasteiger partial charge in [-0.2, -0.15) is 0 Å². The molecule has 3 nitrogen and oxygen atoms in total. The first-order valence-corrected chi connectivity index (χ1v) is 9.64. The van der Waals surface area contributed by atoms with Gasteiger partial charge in [0.2, 0.25) is 0 Å². The minimum Gasteiger partial charge on any atom is -0.391 e. The van der Waals surface area contributed by atoms with E-state index < -0.39 is 0 Å². The third-order valence-electron chi connectivity index (χ3n) is 4.58. The Morgan fingerprint density at radius 3 is 2.83 bits per heavy atom. The quantitative estimate of drug-likeness (QED) is 0.662. The summed E-state index contributed by atoms with van der Waals surface area (Å²) in [6, 6.07) is 14.6. The van der Waals surface area contributed by atoms with E-state index >= 15 is 0 Å². The second-order valence-corrected chi connectivity index (χ2v) is 7.50. The van der Waals surface area contributed by atoms with E-state index in [1.807, 2.05) is 18.2 Å². The van der Waals surface area contributed by atoms with Crippen LogP contribution in [0.15, 0.2) is 47.4 Å². The van der Waals surface area contributed by atoms with Crippen LogP contribution in [0.2, 0.25) is 5.02 Å². The predicted octanol–water partition coefficient (Wildman–Crippen LogP) is 4.78. The van der Waals surface area contributed by atoms with Crippen LogP contribution in [-0.2, 0) is 0 Å². The second kappa shape index (κ2) is 6.36. The molecular formula is C19H19ClN2OS. The maximum atomic E-state index is 9.90. The number of thioether (sulfide) groups is 1. The first-order valence-electron chi connectivity index (χ1n) is 8.04. The largest absolute Gasteiger partial charge is 0.391 e. The fourth-order valence-corrected chi connectivity index (χ4v) is 3.95. The van der Waals surface area contributed by atoms with Crippen molar-refractivity contribution in [1.82, 2.24) is 4.98 Å². The summed E-state index contributed by atoms with van der Waals surface area (Å²) >= 11 is 7.85. The Morgan fingerprint density at radius 1 is 1.21 bits per heavy atom. The Labute approximate surface area is 150 Å². The minimum absolute atomic E-state index is 0.236. The molecule has 124 valence electrons. The predicted molar refractivity (Wildman–Crippen MR) is 103 cm³/mol. The number of hydrogen-bond acceptors (Lipinski definition) is 3. The molecule has 0 aliphatic carbocycles. The Kier molecular flexibility index (Phi) is 4.21. The van der Waals surface area contributed by atoms with Gasteiger partial charge in [-0.1, -0.05) is 17.7 Å². The lowest BCUT2D eigenvalue weighted by molar-refractivity contribution is 0.198. The number of aliphatic hydroxyl groups is 1. The zero-order valence-electron chi connectivity index (χ0n) is 13.4. The number of hydrogen-bond donors (Lipinski definition) is 2. The van der Waals surface area contributed by atoms with Crippen LogP contribution in [0.25, 0.3) is 22.2 Å². The molecule has 2 aromatic carbocycles. The number of nitrogens with one attached hydrogen (secondary N) is 1. The minimum atomic E-state index is -0.236. The van der Waals surface area contributed by atoms with Crippen LogP contribution in [0.1, 0.15) is 6.42 Å². The third-order valence-corrected chi connectivity index (χ3v) is 5.54. The van der Waals surface area contributed by atoms with E-state index in [-0.39, 0.29) is 6.10 Å². The molecular weight excluding hydrogens is 340 g/mol. The number of fused-ring (bicyclic) bond motifs is 1. The summed E-state index contributed by atoms with van der Waals surface area (Å²) in [5.74, 6) is 0. The number of β-amino-alcohol motifs (C(OH)–C–C–N with tert-alkyl or cyclic N) is 1. The van der Waals surface area contributed by atoms with Crippen molar-refractivity contribution in [3.63, 3.8) is 0 Å². The summed E-state index contributed by atoms with van der Waals surface area (Å²) in [6.45, 7) is 1.58. The zero-order chi connectivity index (χ0) is 16.7. The molecule has 1 fully saturated rings. The number of anilines is 1. The number of aromatic nitrogens is 1. The van der Waals surface area contributed by atoms with Crippen molar-refractivity contribution < 1.29 is 5.11 Å². The lowest BCUT2D eigenvalue weighted by Crippen LogP contribution is -2.21. The van der Waals surface area contributed by atoms with Gasteiger partial charge in [-0.25, -0.2) is 0 Å². The number of rotatable bonds is 3. The van der Waals surface area contributed by atoms with Gasteiger partial charge in [0.05, 0.1) is 6.10 Å². The molecule has 1 aliphatic heterocycles. The van der Waals surface area contributed by atoms with E-state index in [0.717, 1.165) is 34.6 Å². The summed E-state index contributed by atoms with van der Waals surface area (Å²) < 4.78 is 0. The van der Waals surface area contributed by atoms with Crippen molar-refractivity contribution in [2.45, 2.75) is 17.4 Å². The van der Waals surface area contributed by atoms with Crippen molar-refractivity contribution in [3.05, 3.63) is 47.5 Å². The van der Waals surface area contributed by atoms with Gasteiger partial charge >= 0.3 is 0 Å². The van der Waals surface area contributed by atoms with Crippen LogP contribution < -0.4 is 4.90 Å². The highest BCUT2D eigenvalue weighted by Gasteiger charge is 2.23. The van der Waals surface area contributed by atoms with Crippen LogP contribution in [0, 0.1) is 0 Å². The van der Waals surface area contributed by atoms with E-state index in [0.29, 0.717) is 6.54 Å². The zero-order valence-corrected chi connectivity index (χ0v) is 15.0. The molecule has 3 aromatic rings. The molecule has 1 aromatic heterocycles. The second-order valence-electron chi connectivity index (χ2n) is 6.19. The summed E-state index contributed by atoms with van der Waals surface area (Å²) in [5, 5.41) is 11.8. The van der Waals surface area contributed by atoms with Crippen molar-refractivity contribution in [3.8, 4) is 11.3 Å². The molecule has 0 saturated carbocycles. The van der Waals surface area contributed by atoms with Gasteiger partial charge in [-0.05, 0) is 49.1 Å². The van der Waals surface area contributed by atoms with Crippen LogP contribution in [-0.4, -0.2) is 35.5 Å². The number of nitrogens with zero attached hydrogens (tertiary/aromatic N) is 1. The standard InChI is InChI=1S/C19H19ClN2OS/c1-24-15-4-5-19(22-7-6-14(23)11-22)16(10-15)18-8-12-2-3-13(20)9-17(12)21-18/h2-5,8-10,14,21,23H,6-7,11H2,1H3. The molecule has 0 amide bonds. The summed E-state index contributed by atoms with van der Waals surface area (Å²) in [7, 11) is 0. The van der Waals surface area contributed by atoms with Gasteiger partial charge in [0.1, 0.15) is 0 Å². The first kappa shape index (κ1) is 15.9. The average Bonchev–Trinajstić information content (AvgIpc) is 3.20. The number of halogens is 1. The summed E-state index contributed by atoms with van der Waals surface area (Å²) in [5.41, 5.74) is 4.46. The molecule has 1 unspecified atom stereocenters. The van der Waals surface area contributed by atoms with Crippen LogP contribution in [0.4, 0.5) is 5.69 Å². The highest BCUT2D eigenvalue weighted by molar-refractivity contribution is 7.98. The van der Waals surface area contributed by atoms with E-state index in [4.69, 9.17) is 11.6 Å². The van der Waals surface area contributed by atoms with E-state index in [1.165, 1.54) is 16.1 Å². The van der Waals surface area contributed by atoms with Gasteiger partial charge in [0.15, 0.2) is 0 Å². The maximum Gasteiger partial charge on any atom is 0.0731 e. The molecule has 1 saturated heterocycles. The monoisotopic (exact) mass is 358 g/mol. The molecule has 4 rings (SSSR count). The Morgan fingerprint density at radius 2 is 2.08 bits per heavy atom. The molecule has 0 bridgehead atoms. The fourth-order valence-electron chi connectivity index (χ4n) is 3.34. The smallest absolute Gasteiger partial charge is 0.0731 e. The molecule has 5 heteroatoms. The normalized spacial score (nSPS) is 17.8. The van der Waals surface area contributed by atoms with Crippen molar-refractivity contribution in [2.24, 2.45) is 0 Å². The fraction of sp³-hybridized carbons (Fsp3) is 0.263. The Balaban J connectivity index is 1.84. The van der Waals surface area contributed by atoms with Crippen LogP contribution in [0.3, 0.4) is 0 Å². The van der Waals surface area contributed by atoms with Gasteiger partial charge < -0.3 is 15.0 Å². The molecule has 2 N–H and O–H groups in total. The van der Waals surface area contributed by atoms with Gasteiger partial charge in [0, 0.05) is 50.9 Å². The number of benzene rings is 2. The van der Waals surface area contributed by atoms with E-state index in [9.17, 15) is 5.11 Å². The highest BCUT2D eigenvalue weighted by atomic mass is 35.5. The van der Waals surface area contributed by atoms with Crippen LogP contribution in [0.5, 0.6) is 0 Å². The average molecular weight is 359 g/mol. The van der Waals surface area contributed by atoms with Crippen molar-refractivity contribution in [2.75, 3.05) is 24.2 Å².